The minimum atomic E-state index is -0.564. The maximum Gasteiger partial charge on any atom is 0.101 e. The van der Waals surface area contributed by atoms with Crippen molar-refractivity contribution < 1.29 is 0 Å². The molecule has 0 saturated carbocycles. The molecule has 0 N–H and O–H groups in total. The molecule has 0 aromatic rings. The van der Waals surface area contributed by atoms with Gasteiger partial charge in [0.1, 0.15) is 4.32 Å². The zero-order chi connectivity index (χ0) is 21.4. The van der Waals surface area contributed by atoms with Gasteiger partial charge in [-0.1, -0.05) is 125 Å². The highest BCUT2D eigenvalue weighted by Crippen LogP contribution is 2.56. The second-order valence-electron chi connectivity index (χ2n) is 6.47. The molecule has 0 fully saturated rings. The average Bonchev–Trinajstić information content (AvgIpc) is 2.66. The van der Waals surface area contributed by atoms with Crippen LogP contribution >= 0.6 is 31.9 Å². The van der Waals surface area contributed by atoms with Crippen LogP contribution in [0.4, 0.5) is 0 Å². The van der Waals surface area contributed by atoms with E-state index in [2.05, 4.69) is 95.0 Å². The van der Waals surface area contributed by atoms with Crippen molar-refractivity contribution in [1.29, 1.82) is 0 Å². The third-order valence-corrected chi connectivity index (χ3v) is 6.81. The molecule has 148 valence electrons. The Balaban J connectivity index is 4.27. The number of alkyl halides is 2. The Kier molecular flexibility index (Phi) is 9.39. The van der Waals surface area contributed by atoms with Gasteiger partial charge in [0.05, 0.1) is 4.32 Å². The quantitative estimate of drug-likeness (QED) is 0.230. The van der Waals surface area contributed by atoms with Crippen LogP contribution in [0.1, 0.15) is 27.7 Å². The first-order valence-electron chi connectivity index (χ1n) is 9.32. The summed E-state index contributed by atoms with van der Waals surface area (Å²) in [5.41, 5.74) is 5.63. The van der Waals surface area contributed by atoms with Gasteiger partial charge in [-0.3, -0.25) is 0 Å². The van der Waals surface area contributed by atoms with Crippen LogP contribution in [0.3, 0.4) is 0 Å². The van der Waals surface area contributed by atoms with Crippen molar-refractivity contribution in [2.45, 2.75) is 36.3 Å². The summed E-state index contributed by atoms with van der Waals surface area (Å²) in [6.07, 6.45) is 24.3. The fourth-order valence-corrected chi connectivity index (χ4v) is 5.20. The fourth-order valence-electron chi connectivity index (χ4n) is 3.52. The van der Waals surface area contributed by atoms with Crippen molar-refractivity contribution in [3.05, 3.63) is 121 Å². The van der Waals surface area contributed by atoms with Gasteiger partial charge in [-0.05, 0) is 55.6 Å². The smallest absolute Gasteiger partial charge is 0.0991 e. The molecule has 2 heteroatoms. The molecule has 0 bridgehead atoms. The van der Waals surface area contributed by atoms with E-state index in [9.17, 15) is 0 Å². The number of halogens is 2. The van der Waals surface area contributed by atoms with Crippen molar-refractivity contribution in [2.24, 2.45) is 0 Å². The van der Waals surface area contributed by atoms with E-state index < -0.39 is 4.32 Å². The monoisotopic (exact) mass is 500 g/mol. The number of allylic oxidation sites excluding steroid dienone is 17. The Morgan fingerprint density at radius 2 is 1.36 bits per heavy atom. The Labute approximate surface area is 188 Å². The molecule has 0 heterocycles. The van der Waals surface area contributed by atoms with E-state index in [-0.39, 0.29) is 4.32 Å². The fraction of sp³-hybridized carbons (Fsp3) is 0.231. The summed E-state index contributed by atoms with van der Waals surface area (Å²) in [5, 5.41) is 0. The molecule has 0 aromatic heterocycles. The minimum absolute atomic E-state index is 0.385. The summed E-state index contributed by atoms with van der Waals surface area (Å²) in [4.78, 5) is 0. The zero-order valence-corrected chi connectivity index (χ0v) is 20.5. The van der Waals surface area contributed by atoms with Crippen LogP contribution in [0.15, 0.2) is 121 Å². The second kappa shape index (κ2) is 10.8. The summed E-state index contributed by atoms with van der Waals surface area (Å²) >= 11 is 8.15. The molecule has 1 aliphatic rings. The molecule has 0 nitrogen and oxygen atoms in total. The van der Waals surface area contributed by atoms with E-state index in [1.54, 1.807) is 6.08 Å². The molecule has 0 radical (unpaired) electrons. The molecular formula is C26H30Br2. The molecule has 2 atom stereocenters. The van der Waals surface area contributed by atoms with Gasteiger partial charge in [0.2, 0.25) is 0 Å². The highest BCUT2D eigenvalue weighted by Gasteiger charge is 2.47. The van der Waals surface area contributed by atoms with Crippen LogP contribution in [0, 0.1) is 0 Å². The molecule has 1 rings (SSSR count). The molecule has 0 amide bonds. The van der Waals surface area contributed by atoms with Crippen molar-refractivity contribution in [1.82, 2.24) is 0 Å². The molecule has 0 spiro atoms. The lowest BCUT2D eigenvalue weighted by Crippen LogP contribution is -2.39. The molecule has 2 unspecified atom stereocenters. The van der Waals surface area contributed by atoms with Crippen LogP contribution in [-0.2, 0) is 0 Å². The maximum absolute atomic E-state index is 4.15. The Morgan fingerprint density at radius 3 is 1.82 bits per heavy atom. The maximum atomic E-state index is 4.15. The van der Waals surface area contributed by atoms with E-state index >= 15 is 0 Å². The van der Waals surface area contributed by atoms with E-state index in [0.717, 1.165) is 22.3 Å². The standard InChI is InChI=1S/C26H30Br2/c1-8-14-19-24-21(13-6)25(7,27)22(17-11-4)23(18-12-5)26(24,28)20(15-9-2)16-10-3/h8-19H,1-2,6H2,3-5,7H3/b16-10-,17-11-,18-12-,19-14-,20-15+. The lowest BCUT2D eigenvalue weighted by molar-refractivity contribution is 0.812. The van der Waals surface area contributed by atoms with Crippen LogP contribution in [0.2, 0.25) is 0 Å². The lowest BCUT2D eigenvalue weighted by Gasteiger charge is -2.44. The summed E-state index contributed by atoms with van der Waals surface area (Å²) in [5.74, 6) is 0. The van der Waals surface area contributed by atoms with Crippen LogP contribution < -0.4 is 0 Å². The number of hydrogen-bond acceptors (Lipinski definition) is 0. The predicted octanol–water partition coefficient (Wildman–Crippen LogP) is 8.65. The van der Waals surface area contributed by atoms with E-state index in [4.69, 9.17) is 0 Å². The van der Waals surface area contributed by atoms with Crippen LogP contribution in [0.25, 0.3) is 0 Å². The first-order valence-corrected chi connectivity index (χ1v) is 10.9. The summed E-state index contributed by atoms with van der Waals surface area (Å²) in [6.45, 7) is 20.2. The SMILES string of the molecule is C=C/C=C\C1=C(C=C)C(C)(Br)C(/C=C\C)=C(/C=C\C)C1(Br)C(/C=C\C)=C/C=C. The zero-order valence-electron chi connectivity index (χ0n) is 17.3. The number of hydrogen-bond donors (Lipinski definition) is 0. The normalized spacial score (nSPS) is 27.0. The first kappa shape index (κ1) is 24.4. The van der Waals surface area contributed by atoms with Crippen molar-refractivity contribution >= 4 is 31.9 Å². The van der Waals surface area contributed by atoms with Gasteiger partial charge in [0, 0.05) is 0 Å². The van der Waals surface area contributed by atoms with Gasteiger partial charge in [-0.25, -0.2) is 0 Å². The molecular weight excluding hydrogens is 472 g/mol. The van der Waals surface area contributed by atoms with Gasteiger partial charge < -0.3 is 0 Å². The summed E-state index contributed by atoms with van der Waals surface area (Å²) in [6, 6.07) is 0. The van der Waals surface area contributed by atoms with E-state index in [1.807, 2.05) is 51.2 Å². The molecule has 0 aromatic carbocycles. The van der Waals surface area contributed by atoms with Crippen LogP contribution in [0.5, 0.6) is 0 Å². The van der Waals surface area contributed by atoms with E-state index in [1.165, 1.54) is 5.57 Å². The Morgan fingerprint density at radius 1 is 0.786 bits per heavy atom. The van der Waals surface area contributed by atoms with Gasteiger partial charge in [-0.15, -0.1) is 0 Å². The molecule has 0 saturated heterocycles. The highest BCUT2D eigenvalue weighted by molar-refractivity contribution is 9.10. The average molecular weight is 502 g/mol. The summed E-state index contributed by atoms with van der Waals surface area (Å²) in [7, 11) is 0. The largest absolute Gasteiger partial charge is 0.101 e. The Bertz CT molecular complexity index is 832. The van der Waals surface area contributed by atoms with Crippen molar-refractivity contribution in [3.8, 4) is 0 Å². The van der Waals surface area contributed by atoms with Gasteiger partial charge in [0.15, 0.2) is 0 Å². The van der Waals surface area contributed by atoms with Crippen molar-refractivity contribution in [2.75, 3.05) is 0 Å². The highest BCUT2D eigenvalue weighted by atomic mass is 79.9. The number of rotatable bonds is 8. The topological polar surface area (TPSA) is 0 Å². The van der Waals surface area contributed by atoms with Gasteiger partial charge in [0.25, 0.3) is 0 Å². The Hall–Kier alpha value is -1.64. The van der Waals surface area contributed by atoms with Gasteiger partial charge >= 0.3 is 0 Å². The second-order valence-corrected chi connectivity index (χ2v) is 9.25. The lowest BCUT2D eigenvalue weighted by atomic mass is 9.69. The molecule has 1 aliphatic carbocycles. The van der Waals surface area contributed by atoms with Gasteiger partial charge in [-0.2, -0.15) is 0 Å². The third-order valence-electron chi connectivity index (χ3n) is 4.65. The molecule has 28 heavy (non-hydrogen) atoms. The van der Waals surface area contributed by atoms with Crippen LogP contribution in [-0.4, -0.2) is 8.65 Å². The predicted molar refractivity (Wildman–Crippen MR) is 135 cm³/mol. The van der Waals surface area contributed by atoms with E-state index in [0.29, 0.717) is 0 Å². The summed E-state index contributed by atoms with van der Waals surface area (Å²) < 4.78 is -0.950. The third kappa shape index (κ3) is 4.50. The molecule has 0 aliphatic heterocycles. The van der Waals surface area contributed by atoms with Crippen molar-refractivity contribution in [3.63, 3.8) is 0 Å². The first-order chi connectivity index (χ1) is 13.3. The minimum Gasteiger partial charge on any atom is -0.0991 e.